The number of likely N-dealkylation sites (tertiary alicyclic amines) is 1. The highest BCUT2D eigenvalue weighted by Gasteiger charge is 2.24. The highest BCUT2D eigenvalue weighted by atomic mass is 16.2. The Hall–Kier alpha value is -1.30. The van der Waals surface area contributed by atoms with Crippen LogP contribution in [0.3, 0.4) is 0 Å². The van der Waals surface area contributed by atoms with Crippen molar-refractivity contribution in [2.45, 2.75) is 32.7 Å². The van der Waals surface area contributed by atoms with Gasteiger partial charge >= 0.3 is 6.03 Å². The number of piperidine rings is 1. The van der Waals surface area contributed by atoms with Crippen LogP contribution >= 0.6 is 0 Å². The number of nitrogens with zero attached hydrogens (tertiary/aromatic N) is 2. The lowest BCUT2D eigenvalue weighted by atomic mass is 9.97. The largest absolute Gasteiger partial charge is 0.353 e. The molecule has 2 aliphatic rings. The Balaban J connectivity index is 1.74. The number of hydrogen-bond acceptors (Lipinski definition) is 3. The molecule has 0 aliphatic carbocycles. The molecule has 1 unspecified atom stereocenters. The van der Waals surface area contributed by atoms with Gasteiger partial charge in [-0.1, -0.05) is 0 Å². The molecule has 0 spiro atoms. The van der Waals surface area contributed by atoms with Crippen molar-refractivity contribution >= 4 is 11.9 Å². The lowest BCUT2D eigenvalue weighted by Crippen LogP contribution is -2.54. The van der Waals surface area contributed by atoms with E-state index in [4.69, 9.17) is 0 Å². The first-order valence-corrected chi connectivity index (χ1v) is 7.60. The fraction of sp³-hybridized carbons (Fsp3) is 0.857. The van der Waals surface area contributed by atoms with Crippen LogP contribution in [0.2, 0.25) is 0 Å². The molecule has 6 heteroatoms. The summed E-state index contributed by atoms with van der Waals surface area (Å²) in [6.07, 6.45) is 2.37. The van der Waals surface area contributed by atoms with Gasteiger partial charge in [-0.2, -0.15) is 0 Å². The minimum absolute atomic E-state index is 0.0740. The van der Waals surface area contributed by atoms with Crippen molar-refractivity contribution in [3.05, 3.63) is 0 Å². The molecule has 20 heavy (non-hydrogen) atoms. The summed E-state index contributed by atoms with van der Waals surface area (Å²) in [5.41, 5.74) is 0. The number of urea groups is 1. The van der Waals surface area contributed by atoms with Crippen LogP contribution in [0, 0.1) is 5.92 Å². The smallest absolute Gasteiger partial charge is 0.317 e. The second kappa shape index (κ2) is 6.92. The van der Waals surface area contributed by atoms with Gasteiger partial charge in [0.15, 0.2) is 0 Å². The van der Waals surface area contributed by atoms with Crippen molar-refractivity contribution in [3.8, 4) is 0 Å². The Morgan fingerprint density at radius 3 is 2.95 bits per heavy atom. The number of nitrogens with one attached hydrogen (secondary N) is 2. The minimum Gasteiger partial charge on any atom is -0.353 e. The van der Waals surface area contributed by atoms with E-state index in [2.05, 4.69) is 29.4 Å². The molecule has 114 valence electrons. The van der Waals surface area contributed by atoms with E-state index in [0.717, 1.165) is 13.1 Å². The summed E-state index contributed by atoms with van der Waals surface area (Å²) in [5.74, 6) is 0.448. The van der Waals surface area contributed by atoms with Crippen LogP contribution in [0.25, 0.3) is 0 Å². The SMILES string of the molecule is CC(C)N1CCCC(CNC(=O)N2CCNC(=O)C2)C1. The third-order valence-corrected chi connectivity index (χ3v) is 4.15. The fourth-order valence-corrected chi connectivity index (χ4v) is 2.89. The zero-order valence-electron chi connectivity index (χ0n) is 12.5. The van der Waals surface area contributed by atoms with Crippen molar-refractivity contribution < 1.29 is 9.59 Å². The van der Waals surface area contributed by atoms with Gasteiger partial charge in [0.1, 0.15) is 6.54 Å². The van der Waals surface area contributed by atoms with Gasteiger partial charge in [0, 0.05) is 32.2 Å². The van der Waals surface area contributed by atoms with Crippen LogP contribution in [0.15, 0.2) is 0 Å². The van der Waals surface area contributed by atoms with Crippen LogP contribution < -0.4 is 10.6 Å². The van der Waals surface area contributed by atoms with Crippen LogP contribution in [0.5, 0.6) is 0 Å². The Morgan fingerprint density at radius 2 is 2.25 bits per heavy atom. The van der Waals surface area contributed by atoms with E-state index in [0.29, 0.717) is 31.6 Å². The Kier molecular flexibility index (Phi) is 5.23. The molecule has 0 aromatic heterocycles. The maximum atomic E-state index is 12.0. The normalized spacial score (nSPS) is 24.6. The first-order chi connectivity index (χ1) is 9.56. The first kappa shape index (κ1) is 15.1. The number of rotatable bonds is 3. The standard InChI is InChI=1S/C14H26N4O2/c1-11(2)17-6-3-4-12(9-17)8-16-14(20)18-7-5-15-13(19)10-18/h11-12H,3-10H2,1-2H3,(H,15,19)(H,16,20). The quantitative estimate of drug-likeness (QED) is 0.780. The number of piperazine rings is 1. The summed E-state index contributed by atoms with van der Waals surface area (Å²) in [6.45, 7) is 8.68. The molecule has 0 bridgehead atoms. The van der Waals surface area contributed by atoms with Gasteiger partial charge in [-0.25, -0.2) is 4.79 Å². The number of amides is 3. The van der Waals surface area contributed by atoms with Gasteiger partial charge in [0.05, 0.1) is 0 Å². The zero-order chi connectivity index (χ0) is 14.5. The molecule has 0 aromatic carbocycles. The molecule has 2 aliphatic heterocycles. The molecule has 0 aromatic rings. The van der Waals surface area contributed by atoms with Crippen LogP contribution in [-0.2, 0) is 4.79 Å². The second-order valence-electron chi connectivity index (χ2n) is 6.05. The van der Waals surface area contributed by atoms with E-state index in [1.807, 2.05) is 0 Å². The highest BCUT2D eigenvalue weighted by molar-refractivity contribution is 5.85. The van der Waals surface area contributed by atoms with E-state index in [-0.39, 0.29) is 18.5 Å². The lowest BCUT2D eigenvalue weighted by molar-refractivity contribution is -0.123. The molecule has 2 saturated heterocycles. The number of carbonyl (C=O) groups is 2. The van der Waals surface area contributed by atoms with E-state index in [1.165, 1.54) is 12.8 Å². The molecule has 2 heterocycles. The van der Waals surface area contributed by atoms with Crippen molar-refractivity contribution in [3.63, 3.8) is 0 Å². The molecular weight excluding hydrogens is 256 g/mol. The average Bonchev–Trinajstić information content (AvgIpc) is 2.45. The summed E-state index contributed by atoms with van der Waals surface area (Å²) in [7, 11) is 0. The lowest BCUT2D eigenvalue weighted by Gasteiger charge is -2.36. The molecule has 1 atom stereocenters. The predicted molar refractivity (Wildman–Crippen MR) is 77.4 cm³/mol. The van der Waals surface area contributed by atoms with E-state index >= 15 is 0 Å². The minimum atomic E-state index is -0.110. The Labute approximate surface area is 120 Å². The second-order valence-corrected chi connectivity index (χ2v) is 6.05. The zero-order valence-corrected chi connectivity index (χ0v) is 12.5. The third kappa shape index (κ3) is 4.10. The molecule has 2 N–H and O–H groups in total. The van der Waals surface area contributed by atoms with Gasteiger partial charge in [-0.15, -0.1) is 0 Å². The van der Waals surface area contributed by atoms with Crippen LogP contribution in [-0.4, -0.2) is 67.0 Å². The highest BCUT2D eigenvalue weighted by Crippen LogP contribution is 2.17. The Morgan fingerprint density at radius 1 is 1.45 bits per heavy atom. The van der Waals surface area contributed by atoms with E-state index < -0.39 is 0 Å². The number of hydrogen-bond donors (Lipinski definition) is 2. The maximum absolute atomic E-state index is 12.0. The van der Waals surface area contributed by atoms with Crippen molar-refractivity contribution in [1.82, 2.24) is 20.4 Å². The average molecular weight is 282 g/mol. The Bertz CT molecular complexity index is 359. The molecule has 2 rings (SSSR count). The van der Waals surface area contributed by atoms with E-state index in [1.54, 1.807) is 4.90 Å². The summed E-state index contributed by atoms with van der Waals surface area (Å²) >= 11 is 0. The molecule has 0 saturated carbocycles. The summed E-state index contributed by atoms with van der Waals surface area (Å²) in [6, 6.07) is 0.459. The van der Waals surface area contributed by atoms with Crippen molar-refractivity contribution in [1.29, 1.82) is 0 Å². The molecular formula is C14H26N4O2. The summed E-state index contributed by atoms with van der Waals surface area (Å²) in [4.78, 5) is 27.3. The van der Waals surface area contributed by atoms with Crippen LogP contribution in [0.4, 0.5) is 4.79 Å². The van der Waals surface area contributed by atoms with Gasteiger partial charge in [0.25, 0.3) is 0 Å². The predicted octanol–water partition coefficient (Wildman–Crippen LogP) is 0.248. The topological polar surface area (TPSA) is 64.7 Å². The van der Waals surface area contributed by atoms with Gasteiger partial charge in [0.2, 0.25) is 5.91 Å². The molecule has 2 fully saturated rings. The number of carbonyl (C=O) groups excluding carboxylic acids is 2. The molecule has 3 amide bonds. The summed E-state index contributed by atoms with van der Waals surface area (Å²) in [5, 5.41) is 5.71. The van der Waals surface area contributed by atoms with Gasteiger partial charge in [-0.05, 0) is 39.2 Å². The first-order valence-electron chi connectivity index (χ1n) is 7.60. The van der Waals surface area contributed by atoms with Crippen LogP contribution in [0.1, 0.15) is 26.7 Å². The third-order valence-electron chi connectivity index (χ3n) is 4.15. The van der Waals surface area contributed by atoms with E-state index in [9.17, 15) is 9.59 Å². The monoisotopic (exact) mass is 282 g/mol. The fourth-order valence-electron chi connectivity index (χ4n) is 2.89. The summed E-state index contributed by atoms with van der Waals surface area (Å²) < 4.78 is 0. The van der Waals surface area contributed by atoms with Gasteiger partial charge in [-0.3, -0.25) is 4.79 Å². The van der Waals surface area contributed by atoms with Crippen molar-refractivity contribution in [2.24, 2.45) is 5.92 Å². The molecule has 6 nitrogen and oxygen atoms in total. The molecule has 0 radical (unpaired) electrons. The maximum Gasteiger partial charge on any atom is 0.317 e. The van der Waals surface area contributed by atoms with Crippen molar-refractivity contribution in [2.75, 3.05) is 39.3 Å². The van der Waals surface area contributed by atoms with Gasteiger partial charge < -0.3 is 20.4 Å².